The summed E-state index contributed by atoms with van der Waals surface area (Å²) < 4.78 is 2.27. The first kappa shape index (κ1) is 21.5. The minimum atomic E-state index is -0.106. The Morgan fingerprint density at radius 1 is 0.788 bits per heavy atom. The highest BCUT2D eigenvalue weighted by atomic mass is 15.2. The van der Waals surface area contributed by atoms with E-state index in [0.29, 0.717) is 0 Å². The van der Waals surface area contributed by atoms with E-state index in [-0.39, 0.29) is 11.0 Å². The molecule has 168 valence electrons. The topological polar surface area (TPSA) is 29.3 Å². The van der Waals surface area contributed by atoms with Crippen LogP contribution in [0.2, 0.25) is 0 Å². The van der Waals surface area contributed by atoms with E-state index in [1.54, 1.807) is 0 Å². The van der Waals surface area contributed by atoms with Crippen LogP contribution >= 0.6 is 0 Å². The quantitative estimate of drug-likeness (QED) is 0.288. The van der Waals surface area contributed by atoms with E-state index in [1.165, 1.54) is 32.8 Å². The van der Waals surface area contributed by atoms with Crippen molar-refractivity contribution < 1.29 is 0 Å². The molecule has 0 saturated carbocycles. The highest BCUT2D eigenvalue weighted by Crippen LogP contribution is 2.41. The van der Waals surface area contributed by atoms with Crippen LogP contribution in [0.4, 0.5) is 5.82 Å². The summed E-state index contributed by atoms with van der Waals surface area (Å²) in [7, 11) is 0. The molecule has 0 unspecified atom stereocenters. The molecule has 0 radical (unpaired) electrons. The molecule has 3 aromatic carbocycles. The van der Waals surface area contributed by atoms with Gasteiger partial charge in [0, 0.05) is 16.8 Å². The third-order valence-corrected chi connectivity index (χ3v) is 6.28. The summed E-state index contributed by atoms with van der Waals surface area (Å²) in [6.07, 6.45) is 1.04. The van der Waals surface area contributed by atoms with Crippen LogP contribution in [-0.4, -0.2) is 14.9 Å². The van der Waals surface area contributed by atoms with Gasteiger partial charge in [-0.3, -0.25) is 4.40 Å². The Labute approximate surface area is 196 Å². The second-order valence-electron chi connectivity index (χ2n) is 11.1. The van der Waals surface area contributed by atoms with Crippen LogP contribution in [0.15, 0.2) is 72.8 Å². The summed E-state index contributed by atoms with van der Waals surface area (Å²) in [5, 5.41) is 8.87. The average Bonchev–Trinajstić information content (AvgIpc) is 3.08. The number of imidazole rings is 1. The molecule has 0 bridgehead atoms. The number of pyridine rings is 1. The SMILES string of the molecule is Cc1cccc2nc(-c3c4ccccc4cc4ccccc34)c(NC(C)(C)CC(C)(C)C)n12. The zero-order valence-electron chi connectivity index (χ0n) is 20.5. The molecule has 0 aliphatic heterocycles. The van der Waals surface area contributed by atoms with Gasteiger partial charge in [-0.25, -0.2) is 4.98 Å². The summed E-state index contributed by atoms with van der Waals surface area (Å²) in [6, 6.07) is 25.9. The minimum absolute atomic E-state index is 0.106. The Kier molecular flexibility index (Phi) is 4.97. The smallest absolute Gasteiger partial charge is 0.139 e. The van der Waals surface area contributed by atoms with Crippen LogP contribution in [0.3, 0.4) is 0 Å². The molecular formula is C30H33N3. The Balaban J connectivity index is 1.86. The van der Waals surface area contributed by atoms with Crippen molar-refractivity contribution in [1.82, 2.24) is 9.38 Å². The number of aryl methyl sites for hydroxylation is 1. The van der Waals surface area contributed by atoms with Gasteiger partial charge < -0.3 is 5.32 Å². The van der Waals surface area contributed by atoms with Gasteiger partial charge in [-0.05, 0) is 72.4 Å². The van der Waals surface area contributed by atoms with E-state index in [0.717, 1.165) is 23.6 Å². The lowest BCUT2D eigenvalue weighted by Crippen LogP contribution is -2.36. The van der Waals surface area contributed by atoms with Crippen LogP contribution in [-0.2, 0) is 0 Å². The van der Waals surface area contributed by atoms with Crippen molar-refractivity contribution in [3.05, 3.63) is 78.5 Å². The van der Waals surface area contributed by atoms with E-state index >= 15 is 0 Å². The second kappa shape index (κ2) is 7.62. The molecule has 5 aromatic rings. The zero-order chi connectivity index (χ0) is 23.4. The van der Waals surface area contributed by atoms with Gasteiger partial charge in [-0.15, -0.1) is 0 Å². The summed E-state index contributed by atoms with van der Waals surface area (Å²) in [4.78, 5) is 5.23. The number of anilines is 1. The lowest BCUT2D eigenvalue weighted by Gasteiger charge is -2.34. The molecule has 3 nitrogen and oxygen atoms in total. The number of fused-ring (bicyclic) bond motifs is 3. The fourth-order valence-corrected chi connectivity index (χ4v) is 5.50. The highest BCUT2D eigenvalue weighted by Gasteiger charge is 2.29. The predicted molar refractivity (Wildman–Crippen MR) is 142 cm³/mol. The summed E-state index contributed by atoms with van der Waals surface area (Å²) in [6.45, 7) is 13.6. The fraction of sp³-hybridized carbons (Fsp3) is 0.300. The van der Waals surface area contributed by atoms with Gasteiger partial charge >= 0.3 is 0 Å². The molecule has 3 heteroatoms. The third kappa shape index (κ3) is 3.97. The Bertz CT molecular complexity index is 1430. The number of aromatic nitrogens is 2. The summed E-state index contributed by atoms with van der Waals surface area (Å²) in [5.74, 6) is 1.07. The van der Waals surface area contributed by atoms with Crippen LogP contribution in [0, 0.1) is 12.3 Å². The summed E-state index contributed by atoms with van der Waals surface area (Å²) in [5.41, 5.74) is 4.45. The molecule has 0 fully saturated rings. The number of nitrogens with one attached hydrogen (secondary N) is 1. The van der Waals surface area contributed by atoms with Gasteiger partial charge in [0.1, 0.15) is 17.2 Å². The van der Waals surface area contributed by atoms with Crippen LogP contribution in [0.25, 0.3) is 38.4 Å². The summed E-state index contributed by atoms with van der Waals surface area (Å²) >= 11 is 0. The Morgan fingerprint density at radius 3 is 2.00 bits per heavy atom. The number of benzene rings is 3. The lowest BCUT2D eigenvalue weighted by atomic mass is 9.81. The molecule has 5 rings (SSSR count). The lowest BCUT2D eigenvalue weighted by molar-refractivity contribution is 0.302. The van der Waals surface area contributed by atoms with Crippen molar-refractivity contribution >= 4 is 33.0 Å². The second-order valence-corrected chi connectivity index (χ2v) is 11.1. The maximum absolute atomic E-state index is 5.23. The zero-order valence-corrected chi connectivity index (χ0v) is 20.5. The molecule has 0 amide bonds. The monoisotopic (exact) mass is 435 g/mol. The molecule has 0 atom stereocenters. The molecule has 2 heterocycles. The molecule has 0 saturated heterocycles. The van der Waals surface area contributed by atoms with E-state index < -0.39 is 0 Å². The van der Waals surface area contributed by atoms with Crippen LogP contribution in [0.5, 0.6) is 0 Å². The average molecular weight is 436 g/mol. The van der Waals surface area contributed by atoms with Crippen molar-refractivity contribution in [3.8, 4) is 11.3 Å². The number of nitrogens with zero attached hydrogens (tertiary/aromatic N) is 2. The van der Waals surface area contributed by atoms with Crippen molar-refractivity contribution in [3.63, 3.8) is 0 Å². The van der Waals surface area contributed by atoms with Gasteiger partial charge in [-0.1, -0.05) is 75.4 Å². The highest BCUT2D eigenvalue weighted by molar-refractivity contribution is 6.13. The maximum atomic E-state index is 5.23. The minimum Gasteiger partial charge on any atom is -0.364 e. The van der Waals surface area contributed by atoms with Crippen molar-refractivity contribution in [1.29, 1.82) is 0 Å². The van der Waals surface area contributed by atoms with E-state index in [4.69, 9.17) is 4.98 Å². The maximum Gasteiger partial charge on any atom is 0.139 e. The van der Waals surface area contributed by atoms with E-state index in [9.17, 15) is 0 Å². The molecule has 2 aromatic heterocycles. The first-order valence-corrected chi connectivity index (χ1v) is 11.8. The van der Waals surface area contributed by atoms with Crippen molar-refractivity contribution in [2.75, 3.05) is 5.32 Å². The number of rotatable bonds is 4. The van der Waals surface area contributed by atoms with Gasteiger partial charge in [0.05, 0.1) is 0 Å². The molecule has 0 aliphatic rings. The standard InChI is InChI=1S/C30H33N3/c1-20-12-11-17-25-31-27(28(33(20)25)32-30(5,6)19-29(2,3)4)26-23-15-9-7-13-21(23)18-22-14-8-10-16-24(22)26/h7-18,32H,19H2,1-6H3. The Hall–Kier alpha value is -3.33. The first-order chi connectivity index (χ1) is 15.6. The van der Waals surface area contributed by atoms with Crippen LogP contribution < -0.4 is 5.32 Å². The number of hydrogen-bond donors (Lipinski definition) is 1. The van der Waals surface area contributed by atoms with Gasteiger partial charge in [-0.2, -0.15) is 0 Å². The molecule has 0 aliphatic carbocycles. The predicted octanol–water partition coefficient (Wildman–Crippen LogP) is 8.24. The van der Waals surface area contributed by atoms with Gasteiger partial charge in [0.2, 0.25) is 0 Å². The largest absolute Gasteiger partial charge is 0.364 e. The van der Waals surface area contributed by atoms with Crippen LogP contribution in [0.1, 0.15) is 46.7 Å². The third-order valence-electron chi connectivity index (χ3n) is 6.28. The van der Waals surface area contributed by atoms with Gasteiger partial charge in [0.25, 0.3) is 0 Å². The fourth-order valence-electron chi connectivity index (χ4n) is 5.50. The number of hydrogen-bond acceptors (Lipinski definition) is 2. The normalized spacial score (nSPS) is 12.7. The van der Waals surface area contributed by atoms with E-state index in [1.807, 2.05) is 0 Å². The van der Waals surface area contributed by atoms with Crippen molar-refractivity contribution in [2.45, 2.75) is 53.5 Å². The molecule has 0 spiro atoms. The van der Waals surface area contributed by atoms with Crippen molar-refractivity contribution in [2.24, 2.45) is 5.41 Å². The first-order valence-electron chi connectivity index (χ1n) is 11.8. The van der Waals surface area contributed by atoms with E-state index in [2.05, 4.69) is 124 Å². The van der Waals surface area contributed by atoms with Gasteiger partial charge in [0.15, 0.2) is 0 Å². The Morgan fingerprint density at radius 2 is 1.39 bits per heavy atom. The molecule has 33 heavy (non-hydrogen) atoms. The molecule has 1 N–H and O–H groups in total. The molecular weight excluding hydrogens is 402 g/mol.